The van der Waals surface area contributed by atoms with E-state index in [2.05, 4.69) is 27.7 Å². The highest BCUT2D eigenvalue weighted by Gasteiger charge is 2.62. The van der Waals surface area contributed by atoms with Crippen LogP contribution < -0.4 is 5.11 Å². The first-order chi connectivity index (χ1) is 25.9. The first-order valence-electron chi connectivity index (χ1n) is 20.7. The third-order valence-corrected chi connectivity index (χ3v) is 14.2. The number of aliphatic carboxylic acids is 1. The lowest BCUT2D eigenvalue weighted by molar-refractivity contribution is -0.338. The van der Waals surface area contributed by atoms with E-state index in [0.29, 0.717) is 31.2 Å². The molecular weight excluding hydrogens is 708 g/mol. The van der Waals surface area contributed by atoms with Gasteiger partial charge in [-0.2, -0.15) is 0 Å². The van der Waals surface area contributed by atoms with Gasteiger partial charge in [-0.15, -0.1) is 0 Å². The summed E-state index contributed by atoms with van der Waals surface area (Å²) in [6.45, 7) is 15.6. The molecule has 6 rings (SSSR count). The van der Waals surface area contributed by atoms with Gasteiger partial charge in [0.25, 0.3) is 0 Å². The van der Waals surface area contributed by atoms with Gasteiger partial charge in [0.2, 0.25) is 5.79 Å². The van der Waals surface area contributed by atoms with Crippen molar-refractivity contribution in [1.29, 1.82) is 0 Å². The predicted octanol–water partition coefficient (Wildman–Crippen LogP) is 4.80. The van der Waals surface area contributed by atoms with Crippen LogP contribution >= 0.6 is 0 Å². The number of carbonyl (C=O) groups excluding carboxylic acids is 2. The standard InChI is InChI=1S/C43H66O12/c1-10-41(37-25(3)21-32(51-37)34-24(2)20-26(4)43(48,54-34)23-50-39(47)30-14-12-11-13-15-30)17-16-33(52-41)40(8)18-19-42(55-40)22-31(44)27(5)36(53-42)28(6)35(49-9)29(7)38(45)46/h11-15,24-29,31-37,44,48H,10,16-23H2,1-9H3,(H,45,46)/p-1/t24-,25-,26+,27+,28-,29-,31-,32+,33+,34-,35+,36-,37+,40-,41-,42+,43-/m0/s1. The molecule has 5 aliphatic rings. The van der Waals surface area contributed by atoms with Crippen LogP contribution in [0.15, 0.2) is 30.3 Å². The average molecular weight is 774 g/mol. The van der Waals surface area contributed by atoms with Crippen molar-refractivity contribution in [2.24, 2.45) is 35.5 Å². The van der Waals surface area contributed by atoms with Crippen molar-refractivity contribution < 1.29 is 58.1 Å². The Labute approximate surface area is 326 Å². The maximum atomic E-state index is 12.7. The molecule has 0 radical (unpaired) electrons. The molecule has 5 saturated heterocycles. The van der Waals surface area contributed by atoms with E-state index in [1.54, 1.807) is 31.2 Å². The number of rotatable bonds is 12. The van der Waals surface area contributed by atoms with Crippen LogP contribution in [0.25, 0.3) is 0 Å². The zero-order valence-corrected chi connectivity index (χ0v) is 34.2. The van der Waals surface area contributed by atoms with Crippen LogP contribution in [0.1, 0.15) is 117 Å². The number of carboxylic acids is 1. The van der Waals surface area contributed by atoms with Crippen molar-refractivity contribution in [3.8, 4) is 0 Å². The van der Waals surface area contributed by atoms with Gasteiger partial charge in [-0.3, -0.25) is 0 Å². The molecule has 2 N–H and O–H groups in total. The third-order valence-electron chi connectivity index (χ3n) is 14.2. The SMILES string of the molecule is CC[C@@]1([C@@H]2O[C@@H]([C@H]3O[C@@](O)(COC(=O)c4ccccc4)[C@H](C)C[C@@H]3C)C[C@@H]2C)CC[C@H]([C@]2(C)CC[C@]3(C[C@H](O)[C@@H](C)[C@@H]([C@@H](C)[C@@H](OC)[C@H](C)C(=O)[O-])O3)O2)O1. The smallest absolute Gasteiger partial charge is 0.338 e. The molecule has 5 heterocycles. The van der Waals surface area contributed by atoms with Crippen molar-refractivity contribution in [3.63, 3.8) is 0 Å². The molecule has 0 bridgehead atoms. The molecule has 0 aromatic heterocycles. The summed E-state index contributed by atoms with van der Waals surface area (Å²) in [5.41, 5.74) is -0.824. The van der Waals surface area contributed by atoms with Gasteiger partial charge in [-0.1, -0.05) is 66.7 Å². The second-order valence-electron chi connectivity index (χ2n) is 18.1. The Morgan fingerprint density at radius 3 is 2.36 bits per heavy atom. The van der Waals surface area contributed by atoms with E-state index in [1.807, 2.05) is 26.8 Å². The summed E-state index contributed by atoms with van der Waals surface area (Å²) in [4.78, 5) is 24.5. The number of hydrogen-bond donors (Lipinski definition) is 2. The van der Waals surface area contributed by atoms with Gasteiger partial charge in [0, 0.05) is 49.6 Å². The van der Waals surface area contributed by atoms with Gasteiger partial charge in [0.1, 0.15) is 6.61 Å². The highest BCUT2D eigenvalue weighted by molar-refractivity contribution is 5.89. The van der Waals surface area contributed by atoms with E-state index in [1.165, 1.54) is 7.11 Å². The number of carbonyl (C=O) groups is 2. The van der Waals surface area contributed by atoms with E-state index in [0.717, 1.165) is 25.7 Å². The first kappa shape index (κ1) is 42.4. The summed E-state index contributed by atoms with van der Waals surface area (Å²) in [7, 11) is 1.49. The van der Waals surface area contributed by atoms with E-state index >= 15 is 0 Å². The number of ether oxygens (including phenoxy) is 7. The molecule has 5 aliphatic heterocycles. The molecule has 310 valence electrons. The van der Waals surface area contributed by atoms with E-state index in [4.69, 9.17) is 33.2 Å². The number of aliphatic hydroxyl groups is 2. The quantitative estimate of drug-likeness (QED) is 0.280. The molecule has 0 unspecified atom stereocenters. The minimum absolute atomic E-state index is 0.108. The summed E-state index contributed by atoms with van der Waals surface area (Å²) in [5.74, 6) is -5.83. The van der Waals surface area contributed by atoms with Gasteiger partial charge >= 0.3 is 5.97 Å². The Bertz CT molecular complexity index is 1490. The lowest BCUT2D eigenvalue weighted by atomic mass is 9.78. The van der Waals surface area contributed by atoms with Crippen LogP contribution in [0.2, 0.25) is 0 Å². The monoisotopic (exact) mass is 773 g/mol. The van der Waals surface area contributed by atoms with Crippen LogP contribution in [-0.2, 0) is 38.0 Å². The van der Waals surface area contributed by atoms with Gasteiger partial charge < -0.3 is 53.3 Å². The summed E-state index contributed by atoms with van der Waals surface area (Å²) in [6, 6.07) is 8.73. The molecule has 1 aromatic rings. The van der Waals surface area contributed by atoms with Gasteiger partial charge in [0.15, 0.2) is 5.79 Å². The average Bonchev–Trinajstić information content (AvgIpc) is 3.87. The number of hydrogen-bond acceptors (Lipinski definition) is 12. The zero-order valence-electron chi connectivity index (χ0n) is 34.2. The Morgan fingerprint density at radius 1 is 1.00 bits per heavy atom. The van der Waals surface area contributed by atoms with Crippen molar-refractivity contribution in [2.75, 3.05) is 13.7 Å². The molecule has 5 fully saturated rings. The second-order valence-corrected chi connectivity index (χ2v) is 18.1. The molecule has 0 aliphatic carbocycles. The third kappa shape index (κ3) is 8.13. The fraction of sp³-hybridized carbons (Fsp3) is 0.814. The van der Waals surface area contributed by atoms with Crippen LogP contribution in [0.5, 0.6) is 0 Å². The molecule has 0 saturated carbocycles. The van der Waals surface area contributed by atoms with Crippen molar-refractivity contribution >= 4 is 11.9 Å². The largest absolute Gasteiger partial charge is 0.550 e. The minimum Gasteiger partial charge on any atom is -0.550 e. The summed E-state index contributed by atoms with van der Waals surface area (Å²) >= 11 is 0. The van der Waals surface area contributed by atoms with Crippen LogP contribution in [0.3, 0.4) is 0 Å². The molecule has 0 amide bonds. The van der Waals surface area contributed by atoms with E-state index < -0.39 is 65.0 Å². The molecule has 12 nitrogen and oxygen atoms in total. The van der Waals surface area contributed by atoms with Crippen molar-refractivity contribution in [1.82, 2.24) is 0 Å². The molecule has 17 atom stereocenters. The second kappa shape index (κ2) is 16.2. The summed E-state index contributed by atoms with van der Waals surface area (Å²) < 4.78 is 45.5. The number of methoxy groups -OCH3 is 1. The highest BCUT2D eigenvalue weighted by atomic mass is 16.7. The Morgan fingerprint density at radius 2 is 1.71 bits per heavy atom. The zero-order chi connectivity index (χ0) is 40.1. The Hall–Kier alpha value is -2.16. The predicted molar refractivity (Wildman–Crippen MR) is 199 cm³/mol. The van der Waals surface area contributed by atoms with Gasteiger partial charge in [0.05, 0.1) is 59.5 Å². The Balaban J connectivity index is 1.12. The fourth-order valence-electron chi connectivity index (χ4n) is 10.7. The maximum Gasteiger partial charge on any atom is 0.338 e. The fourth-order valence-corrected chi connectivity index (χ4v) is 10.7. The van der Waals surface area contributed by atoms with Crippen molar-refractivity contribution in [2.45, 2.75) is 172 Å². The minimum atomic E-state index is -1.65. The number of esters is 1. The Kier molecular flexibility index (Phi) is 12.5. The molecular formula is C43H65O12-. The number of benzene rings is 1. The number of aliphatic hydroxyl groups excluding tert-OH is 1. The van der Waals surface area contributed by atoms with Crippen LogP contribution in [0.4, 0.5) is 0 Å². The van der Waals surface area contributed by atoms with E-state index in [9.17, 15) is 24.9 Å². The lowest BCUT2D eigenvalue weighted by Crippen LogP contribution is -2.57. The number of carboxylic acid groups (broad SMARTS) is 1. The maximum absolute atomic E-state index is 12.7. The van der Waals surface area contributed by atoms with Crippen LogP contribution in [-0.4, -0.2) is 101 Å². The highest BCUT2D eigenvalue weighted by Crippen LogP contribution is 2.55. The molecule has 12 heteroatoms. The lowest BCUT2D eigenvalue weighted by Gasteiger charge is -2.49. The van der Waals surface area contributed by atoms with Gasteiger partial charge in [-0.25, -0.2) is 4.79 Å². The molecule has 1 spiro atoms. The first-order valence-corrected chi connectivity index (χ1v) is 20.7. The topological polar surface area (TPSA) is 162 Å². The molecule has 1 aromatic carbocycles. The van der Waals surface area contributed by atoms with E-state index in [-0.39, 0.29) is 54.5 Å². The van der Waals surface area contributed by atoms with Crippen LogP contribution in [0, 0.1) is 35.5 Å². The molecule has 55 heavy (non-hydrogen) atoms. The van der Waals surface area contributed by atoms with Gasteiger partial charge in [-0.05, 0) is 69.4 Å². The summed E-state index contributed by atoms with van der Waals surface area (Å²) in [5, 5.41) is 34.8. The summed E-state index contributed by atoms with van der Waals surface area (Å²) in [6.07, 6.45) is 2.30. The van der Waals surface area contributed by atoms with Crippen molar-refractivity contribution in [3.05, 3.63) is 35.9 Å². The normalized spacial score (nSPS) is 45.0.